The Kier molecular flexibility index (Phi) is 5.47. The van der Waals surface area contributed by atoms with Crippen LogP contribution in [0, 0.1) is 0 Å². The lowest BCUT2D eigenvalue weighted by molar-refractivity contribution is 0.667. The minimum absolute atomic E-state index is 0.692. The normalized spacial score (nSPS) is 11.6. The van der Waals surface area contributed by atoms with Gasteiger partial charge in [-0.2, -0.15) is 0 Å². The van der Waals surface area contributed by atoms with Crippen LogP contribution < -0.4 is 0 Å². The molecule has 9 rings (SSSR count). The molecule has 3 heterocycles. The predicted molar refractivity (Wildman–Crippen MR) is 178 cm³/mol. The number of para-hydroxylation sites is 1. The second kappa shape index (κ2) is 9.79. The Bertz CT molecular complexity index is 2510. The molecule has 9 aromatic rings. The summed E-state index contributed by atoms with van der Waals surface area (Å²) in [5.41, 5.74) is 12.7. The van der Waals surface area contributed by atoms with Crippen molar-refractivity contribution in [2.24, 2.45) is 0 Å². The van der Waals surface area contributed by atoms with Crippen LogP contribution in [-0.4, -0.2) is 9.97 Å². The van der Waals surface area contributed by atoms with Gasteiger partial charge in [0.05, 0.1) is 0 Å². The standard InChI is InChI=1S/C40H24N2O2/c1-2-9-25(10-3-1)28-19-20-35-33(23-28)39-40(44-35)38(41-24-42-39)30-14-7-12-27(22-30)26-11-6-13-29(21-26)31-16-8-18-36-37(31)32-15-4-5-17-34(32)43-36/h1-24H. The van der Waals surface area contributed by atoms with Gasteiger partial charge in [-0.05, 0) is 69.8 Å². The van der Waals surface area contributed by atoms with Crippen molar-refractivity contribution >= 4 is 44.0 Å². The summed E-state index contributed by atoms with van der Waals surface area (Å²) in [4.78, 5) is 9.34. The van der Waals surface area contributed by atoms with E-state index in [9.17, 15) is 0 Å². The fraction of sp³-hybridized carbons (Fsp3) is 0. The first-order valence-electron chi connectivity index (χ1n) is 14.6. The fourth-order valence-electron chi connectivity index (χ4n) is 6.32. The van der Waals surface area contributed by atoms with E-state index < -0.39 is 0 Å². The molecule has 0 bridgehead atoms. The van der Waals surface area contributed by atoms with Gasteiger partial charge < -0.3 is 8.83 Å². The van der Waals surface area contributed by atoms with Crippen LogP contribution in [-0.2, 0) is 0 Å². The molecule has 0 fully saturated rings. The van der Waals surface area contributed by atoms with Crippen molar-refractivity contribution < 1.29 is 8.83 Å². The van der Waals surface area contributed by atoms with Crippen LogP contribution in [0.15, 0.2) is 155 Å². The number of benzene rings is 6. The van der Waals surface area contributed by atoms with Gasteiger partial charge in [0.15, 0.2) is 5.58 Å². The Morgan fingerprint density at radius 1 is 0.409 bits per heavy atom. The average Bonchev–Trinajstić information content (AvgIpc) is 3.67. The summed E-state index contributed by atoms with van der Waals surface area (Å²) in [6, 6.07) is 48.3. The van der Waals surface area contributed by atoms with Crippen molar-refractivity contribution in [2.75, 3.05) is 0 Å². The topological polar surface area (TPSA) is 52.1 Å². The van der Waals surface area contributed by atoms with Crippen molar-refractivity contribution in [2.45, 2.75) is 0 Å². The Labute approximate surface area is 252 Å². The van der Waals surface area contributed by atoms with Crippen LogP contribution in [0.1, 0.15) is 0 Å². The maximum absolute atomic E-state index is 6.39. The molecule has 0 unspecified atom stereocenters. The molecule has 0 saturated carbocycles. The first-order valence-corrected chi connectivity index (χ1v) is 14.6. The summed E-state index contributed by atoms with van der Waals surface area (Å²) < 4.78 is 12.5. The zero-order valence-electron chi connectivity index (χ0n) is 23.6. The minimum atomic E-state index is 0.692. The summed E-state index contributed by atoms with van der Waals surface area (Å²) in [5.74, 6) is 0. The maximum Gasteiger partial charge on any atom is 0.180 e. The quantitative estimate of drug-likeness (QED) is 0.213. The van der Waals surface area contributed by atoms with Gasteiger partial charge in [-0.1, -0.05) is 103 Å². The first kappa shape index (κ1) is 24.6. The van der Waals surface area contributed by atoms with Gasteiger partial charge in [-0.25, -0.2) is 9.97 Å². The number of rotatable bonds is 4. The minimum Gasteiger partial charge on any atom is -0.456 e. The number of aromatic nitrogens is 2. The summed E-state index contributed by atoms with van der Waals surface area (Å²) in [6.07, 6.45) is 1.63. The molecule has 0 aliphatic heterocycles. The Balaban J connectivity index is 1.14. The summed E-state index contributed by atoms with van der Waals surface area (Å²) in [5, 5.41) is 3.24. The molecular weight excluding hydrogens is 540 g/mol. The molecule has 0 aliphatic carbocycles. The monoisotopic (exact) mass is 564 g/mol. The molecule has 6 aromatic carbocycles. The molecule has 0 spiro atoms. The zero-order chi connectivity index (χ0) is 29.0. The van der Waals surface area contributed by atoms with E-state index in [-0.39, 0.29) is 0 Å². The molecule has 3 aromatic heterocycles. The van der Waals surface area contributed by atoms with Crippen molar-refractivity contribution in [1.82, 2.24) is 9.97 Å². The Morgan fingerprint density at radius 2 is 1.07 bits per heavy atom. The second-order valence-electron chi connectivity index (χ2n) is 11.0. The molecule has 0 radical (unpaired) electrons. The second-order valence-corrected chi connectivity index (χ2v) is 11.0. The van der Waals surface area contributed by atoms with E-state index in [0.717, 1.165) is 83.1 Å². The van der Waals surface area contributed by atoms with Crippen molar-refractivity contribution in [3.63, 3.8) is 0 Å². The van der Waals surface area contributed by atoms with Gasteiger partial charge in [0.2, 0.25) is 0 Å². The fourth-order valence-corrected chi connectivity index (χ4v) is 6.32. The van der Waals surface area contributed by atoms with Crippen molar-refractivity contribution in [3.05, 3.63) is 146 Å². The number of hydrogen-bond donors (Lipinski definition) is 0. The van der Waals surface area contributed by atoms with Gasteiger partial charge in [-0.3, -0.25) is 0 Å². The van der Waals surface area contributed by atoms with Gasteiger partial charge in [0.1, 0.15) is 34.3 Å². The SMILES string of the molecule is c1ccc(-c2ccc3oc4c(-c5cccc(-c6cccc(-c7cccc8oc9ccccc9c78)c6)c5)ncnc4c3c2)cc1. The van der Waals surface area contributed by atoms with E-state index in [1.165, 1.54) is 0 Å². The third kappa shape index (κ3) is 3.92. The highest BCUT2D eigenvalue weighted by atomic mass is 16.3. The Morgan fingerprint density at radius 3 is 1.95 bits per heavy atom. The molecule has 0 atom stereocenters. The van der Waals surface area contributed by atoms with Crippen molar-refractivity contribution in [3.8, 4) is 44.6 Å². The highest BCUT2D eigenvalue weighted by Gasteiger charge is 2.17. The lowest BCUT2D eigenvalue weighted by Crippen LogP contribution is -1.88. The highest BCUT2D eigenvalue weighted by Crippen LogP contribution is 2.39. The van der Waals surface area contributed by atoms with Gasteiger partial charge in [-0.15, -0.1) is 0 Å². The van der Waals surface area contributed by atoms with E-state index in [1.54, 1.807) is 6.33 Å². The van der Waals surface area contributed by atoms with Gasteiger partial charge in [0.25, 0.3) is 0 Å². The van der Waals surface area contributed by atoms with Gasteiger partial charge in [0, 0.05) is 21.7 Å². The number of hydrogen-bond acceptors (Lipinski definition) is 4. The molecule has 0 saturated heterocycles. The van der Waals surface area contributed by atoms with Crippen molar-refractivity contribution in [1.29, 1.82) is 0 Å². The lowest BCUT2D eigenvalue weighted by atomic mass is 9.95. The van der Waals surface area contributed by atoms with Gasteiger partial charge >= 0.3 is 0 Å². The summed E-state index contributed by atoms with van der Waals surface area (Å²) in [6.45, 7) is 0. The Hall–Kier alpha value is -6.00. The summed E-state index contributed by atoms with van der Waals surface area (Å²) >= 11 is 0. The van der Waals surface area contributed by atoms with Crippen LogP contribution >= 0.6 is 0 Å². The third-order valence-electron chi connectivity index (χ3n) is 8.40. The number of furan rings is 2. The molecule has 4 heteroatoms. The summed E-state index contributed by atoms with van der Waals surface area (Å²) in [7, 11) is 0. The number of nitrogens with zero attached hydrogens (tertiary/aromatic N) is 2. The molecule has 0 amide bonds. The first-order chi connectivity index (χ1) is 21.8. The van der Waals surface area contributed by atoms with E-state index in [0.29, 0.717) is 5.58 Å². The largest absolute Gasteiger partial charge is 0.456 e. The third-order valence-corrected chi connectivity index (χ3v) is 8.40. The smallest absolute Gasteiger partial charge is 0.180 e. The van der Waals surface area contributed by atoms with Crippen LogP contribution in [0.25, 0.3) is 88.6 Å². The van der Waals surface area contributed by atoms with Crippen LogP contribution in [0.5, 0.6) is 0 Å². The molecule has 44 heavy (non-hydrogen) atoms. The maximum atomic E-state index is 6.39. The molecule has 0 aliphatic rings. The van der Waals surface area contributed by atoms with E-state index in [1.807, 2.05) is 30.3 Å². The van der Waals surface area contributed by atoms with E-state index in [4.69, 9.17) is 13.8 Å². The number of fused-ring (bicyclic) bond motifs is 6. The lowest BCUT2D eigenvalue weighted by Gasteiger charge is -2.09. The van der Waals surface area contributed by atoms with Crippen LogP contribution in [0.4, 0.5) is 0 Å². The predicted octanol–water partition coefficient (Wildman–Crippen LogP) is 10.9. The molecular formula is C40H24N2O2. The zero-order valence-corrected chi connectivity index (χ0v) is 23.6. The van der Waals surface area contributed by atoms with E-state index in [2.05, 4.69) is 114 Å². The average molecular weight is 565 g/mol. The van der Waals surface area contributed by atoms with Crippen LogP contribution in [0.3, 0.4) is 0 Å². The highest BCUT2D eigenvalue weighted by molar-refractivity contribution is 6.12. The molecule has 0 N–H and O–H groups in total. The molecule has 206 valence electrons. The molecule has 4 nitrogen and oxygen atoms in total. The van der Waals surface area contributed by atoms with E-state index >= 15 is 0 Å². The van der Waals surface area contributed by atoms with Crippen LogP contribution in [0.2, 0.25) is 0 Å².